The molecule has 0 saturated heterocycles. The third-order valence-corrected chi connectivity index (χ3v) is 3.17. The van der Waals surface area contributed by atoms with Crippen molar-refractivity contribution in [2.24, 2.45) is 5.92 Å². The smallest absolute Gasteiger partial charge is 0.341 e. The van der Waals surface area contributed by atoms with Gasteiger partial charge in [-0.3, -0.25) is 10.1 Å². The van der Waals surface area contributed by atoms with Gasteiger partial charge in [0.15, 0.2) is 0 Å². The number of furan rings is 1. The van der Waals surface area contributed by atoms with Gasteiger partial charge in [-0.1, -0.05) is 13.8 Å². The number of carbonyl (C=O) groups excluding carboxylic acids is 2. The molecule has 0 aliphatic rings. The average Bonchev–Trinajstić information content (AvgIpc) is 2.82. The maximum atomic E-state index is 11.8. The van der Waals surface area contributed by atoms with Crippen molar-refractivity contribution in [1.82, 2.24) is 10.6 Å². The van der Waals surface area contributed by atoms with Gasteiger partial charge in [0.25, 0.3) is 0 Å². The van der Waals surface area contributed by atoms with Crippen LogP contribution in [0.25, 0.3) is 0 Å². The summed E-state index contributed by atoms with van der Waals surface area (Å²) in [4.78, 5) is 23.3. The van der Waals surface area contributed by atoms with E-state index < -0.39 is 5.97 Å². The maximum absolute atomic E-state index is 11.8. The molecule has 0 aromatic carbocycles. The Morgan fingerprint density at radius 3 is 2.57 bits per heavy atom. The van der Waals surface area contributed by atoms with E-state index in [0.29, 0.717) is 29.5 Å². The predicted molar refractivity (Wildman–Crippen MR) is 78.9 cm³/mol. The van der Waals surface area contributed by atoms with Crippen molar-refractivity contribution in [2.75, 3.05) is 14.2 Å². The fourth-order valence-corrected chi connectivity index (χ4v) is 2.10. The molecule has 1 aromatic rings. The van der Waals surface area contributed by atoms with Gasteiger partial charge in [0.1, 0.15) is 17.1 Å². The van der Waals surface area contributed by atoms with Crippen molar-refractivity contribution >= 4 is 11.9 Å². The van der Waals surface area contributed by atoms with Crippen LogP contribution in [0, 0.1) is 12.8 Å². The normalized spacial score (nSPS) is 12.3. The zero-order valence-corrected chi connectivity index (χ0v) is 13.3. The highest BCUT2D eigenvalue weighted by Gasteiger charge is 2.20. The van der Waals surface area contributed by atoms with Gasteiger partial charge in [-0.2, -0.15) is 0 Å². The first-order valence-corrected chi connectivity index (χ1v) is 7.01. The molecule has 1 aromatic heterocycles. The van der Waals surface area contributed by atoms with Crippen molar-refractivity contribution in [2.45, 2.75) is 39.8 Å². The fourth-order valence-electron chi connectivity index (χ4n) is 2.10. The van der Waals surface area contributed by atoms with Crippen LogP contribution in [0.3, 0.4) is 0 Å². The van der Waals surface area contributed by atoms with Gasteiger partial charge >= 0.3 is 5.97 Å². The van der Waals surface area contributed by atoms with Gasteiger partial charge in [0.2, 0.25) is 5.91 Å². The number of hydrogen-bond acceptors (Lipinski definition) is 5. The SMILES string of the molecule is CNC(=O)C(CC(C)C)NCc1cc(C(=O)OC)c(C)o1. The zero-order chi connectivity index (χ0) is 16.0. The van der Waals surface area contributed by atoms with Gasteiger partial charge < -0.3 is 14.5 Å². The summed E-state index contributed by atoms with van der Waals surface area (Å²) in [5.74, 6) is 1.03. The Kier molecular flexibility index (Phi) is 6.42. The lowest BCUT2D eigenvalue weighted by atomic mass is 10.0. The third-order valence-electron chi connectivity index (χ3n) is 3.17. The van der Waals surface area contributed by atoms with E-state index in [-0.39, 0.29) is 11.9 Å². The van der Waals surface area contributed by atoms with Crippen LogP contribution in [-0.4, -0.2) is 32.1 Å². The first-order valence-electron chi connectivity index (χ1n) is 7.01. The molecule has 21 heavy (non-hydrogen) atoms. The quantitative estimate of drug-likeness (QED) is 0.747. The molecule has 1 rings (SSSR count). The van der Waals surface area contributed by atoms with Crippen molar-refractivity contribution < 1.29 is 18.7 Å². The summed E-state index contributed by atoms with van der Waals surface area (Å²) in [5.41, 5.74) is 0.412. The third kappa shape index (κ3) is 4.90. The first-order chi connectivity index (χ1) is 9.88. The van der Waals surface area contributed by atoms with E-state index in [0.717, 1.165) is 6.42 Å². The number of amides is 1. The molecule has 0 aliphatic carbocycles. The Hall–Kier alpha value is -1.82. The van der Waals surface area contributed by atoms with Crippen molar-refractivity contribution in [3.05, 3.63) is 23.2 Å². The second-order valence-corrected chi connectivity index (χ2v) is 5.35. The summed E-state index contributed by atoms with van der Waals surface area (Å²) >= 11 is 0. The van der Waals surface area contributed by atoms with Gasteiger partial charge in [-0.05, 0) is 25.3 Å². The number of methoxy groups -OCH3 is 1. The summed E-state index contributed by atoms with van der Waals surface area (Å²) in [6.45, 7) is 6.21. The predicted octanol–water partition coefficient (Wildman–Crippen LogP) is 1.62. The van der Waals surface area contributed by atoms with Gasteiger partial charge in [0, 0.05) is 7.05 Å². The Labute approximate surface area is 125 Å². The molecule has 0 radical (unpaired) electrons. The summed E-state index contributed by atoms with van der Waals surface area (Å²) in [6.07, 6.45) is 0.725. The highest BCUT2D eigenvalue weighted by Crippen LogP contribution is 2.16. The molecule has 1 unspecified atom stereocenters. The number of hydrogen-bond donors (Lipinski definition) is 2. The molecule has 2 N–H and O–H groups in total. The number of ether oxygens (including phenoxy) is 1. The monoisotopic (exact) mass is 296 g/mol. The molecular weight excluding hydrogens is 272 g/mol. The molecule has 6 nitrogen and oxygen atoms in total. The number of aryl methyl sites for hydroxylation is 1. The van der Waals surface area contributed by atoms with Crippen LogP contribution in [0.5, 0.6) is 0 Å². The minimum atomic E-state index is -0.424. The summed E-state index contributed by atoms with van der Waals surface area (Å²) in [6, 6.07) is 1.35. The van der Waals surface area contributed by atoms with Crippen LogP contribution in [0.4, 0.5) is 0 Å². The first kappa shape index (κ1) is 17.2. The van der Waals surface area contributed by atoms with Crippen LogP contribution in [-0.2, 0) is 16.1 Å². The summed E-state index contributed by atoms with van der Waals surface area (Å²) < 4.78 is 10.2. The van der Waals surface area contributed by atoms with Gasteiger partial charge in [-0.15, -0.1) is 0 Å². The standard InChI is InChI=1S/C15H24N2O4/c1-9(2)6-13(14(18)16-4)17-8-11-7-12(10(3)21-11)15(19)20-5/h7,9,13,17H,6,8H2,1-5H3,(H,16,18). The number of nitrogens with one attached hydrogen (secondary N) is 2. The van der Waals surface area contributed by atoms with Crippen LogP contribution < -0.4 is 10.6 Å². The zero-order valence-electron chi connectivity index (χ0n) is 13.3. The number of rotatable bonds is 7. The Morgan fingerprint density at radius 2 is 2.05 bits per heavy atom. The van der Waals surface area contributed by atoms with Crippen LogP contribution in [0.2, 0.25) is 0 Å². The molecule has 1 atom stereocenters. The lowest BCUT2D eigenvalue weighted by Crippen LogP contribution is -2.43. The Bertz CT molecular complexity index is 494. The van der Waals surface area contributed by atoms with Crippen molar-refractivity contribution in [3.63, 3.8) is 0 Å². The minimum absolute atomic E-state index is 0.0554. The maximum Gasteiger partial charge on any atom is 0.341 e. The molecule has 118 valence electrons. The second-order valence-electron chi connectivity index (χ2n) is 5.35. The number of likely N-dealkylation sites (N-methyl/N-ethyl adjacent to an activating group) is 1. The van der Waals surface area contributed by atoms with Crippen LogP contribution in [0.1, 0.15) is 42.1 Å². The lowest BCUT2D eigenvalue weighted by Gasteiger charge is -2.18. The number of carbonyl (C=O) groups is 2. The highest BCUT2D eigenvalue weighted by molar-refractivity contribution is 5.90. The van der Waals surface area contributed by atoms with E-state index in [1.165, 1.54) is 7.11 Å². The molecular formula is C15H24N2O4. The van der Waals surface area contributed by atoms with Crippen LogP contribution >= 0.6 is 0 Å². The minimum Gasteiger partial charge on any atom is -0.465 e. The van der Waals surface area contributed by atoms with Gasteiger partial charge in [0.05, 0.1) is 19.7 Å². The van der Waals surface area contributed by atoms with E-state index in [1.54, 1.807) is 20.0 Å². The van der Waals surface area contributed by atoms with Crippen molar-refractivity contribution in [3.8, 4) is 0 Å². The van der Waals surface area contributed by atoms with E-state index in [9.17, 15) is 9.59 Å². The molecule has 0 saturated carbocycles. The molecule has 0 aliphatic heterocycles. The lowest BCUT2D eigenvalue weighted by molar-refractivity contribution is -0.123. The van der Waals surface area contributed by atoms with E-state index in [4.69, 9.17) is 4.42 Å². The average molecular weight is 296 g/mol. The van der Waals surface area contributed by atoms with E-state index in [1.807, 2.05) is 0 Å². The van der Waals surface area contributed by atoms with Crippen molar-refractivity contribution in [1.29, 1.82) is 0 Å². The largest absolute Gasteiger partial charge is 0.465 e. The number of esters is 1. The van der Waals surface area contributed by atoms with E-state index >= 15 is 0 Å². The summed E-state index contributed by atoms with van der Waals surface area (Å²) in [7, 11) is 2.95. The Balaban J connectivity index is 2.71. The summed E-state index contributed by atoms with van der Waals surface area (Å²) in [5, 5.41) is 5.80. The molecule has 0 bridgehead atoms. The fraction of sp³-hybridized carbons (Fsp3) is 0.600. The van der Waals surface area contributed by atoms with Gasteiger partial charge in [-0.25, -0.2) is 4.79 Å². The highest BCUT2D eigenvalue weighted by atomic mass is 16.5. The molecule has 0 fully saturated rings. The molecule has 0 spiro atoms. The topological polar surface area (TPSA) is 80.6 Å². The molecule has 6 heteroatoms. The molecule has 1 heterocycles. The van der Waals surface area contributed by atoms with E-state index in [2.05, 4.69) is 29.2 Å². The molecule has 1 amide bonds. The van der Waals surface area contributed by atoms with Crippen LogP contribution in [0.15, 0.2) is 10.5 Å². The Morgan fingerprint density at radius 1 is 1.38 bits per heavy atom. The second kappa shape index (κ2) is 7.83.